The van der Waals surface area contributed by atoms with Gasteiger partial charge in [-0.25, -0.2) is 4.79 Å². The van der Waals surface area contributed by atoms with E-state index in [1.54, 1.807) is 21.3 Å². The Hall–Kier alpha value is -2.21. The fourth-order valence-corrected chi connectivity index (χ4v) is 2.80. The van der Waals surface area contributed by atoms with Gasteiger partial charge < -0.3 is 0 Å². The van der Waals surface area contributed by atoms with Gasteiger partial charge in [0, 0.05) is 13.1 Å². The van der Waals surface area contributed by atoms with Crippen molar-refractivity contribution < 1.29 is 0 Å². The van der Waals surface area contributed by atoms with E-state index in [2.05, 4.69) is 21.9 Å². The smallest absolute Gasteiger partial charge is 0.288 e. The molecule has 6 heteroatoms. The Bertz CT molecular complexity index is 839. The third-order valence-corrected chi connectivity index (χ3v) is 3.57. The lowest BCUT2D eigenvalue weighted by molar-refractivity contribution is 0.720. The summed E-state index contributed by atoms with van der Waals surface area (Å²) in [6.45, 7) is 8.33. The fraction of sp³-hybridized carbons (Fsp3) is 0.154. The minimum Gasteiger partial charge on any atom is -0.288 e. The van der Waals surface area contributed by atoms with E-state index in [0.717, 1.165) is 33.8 Å². The second-order valence-corrected chi connectivity index (χ2v) is 4.67. The Kier molecular flexibility index (Phi) is 2.79. The first-order valence-corrected chi connectivity index (χ1v) is 6.57. The number of rotatable bonds is 4. The van der Waals surface area contributed by atoms with Crippen molar-refractivity contribution in [1.82, 2.24) is 17.9 Å². The van der Waals surface area contributed by atoms with Crippen LogP contribution < -0.4 is 5.69 Å². The van der Waals surface area contributed by atoms with Gasteiger partial charge in [0.1, 0.15) is 11.0 Å². The van der Waals surface area contributed by atoms with Crippen molar-refractivity contribution in [3.05, 3.63) is 47.9 Å². The lowest BCUT2D eigenvalue weighted by Crippen LogP contribution is -2.23. The van der Waals surface area contributed by atoms with Gasteiger partial charge >= 0.3 is 5.69 Å². The zero-order chi connectivity index (χ0) is 13.4. The summed E-state index contributed by atoms with van der Waals surface area (Å²) in [5.74, 6) is 0. The summed E-state index contributed by atoms with van der Waals surface area (Å²) in [6, 6.07) is 3.79. The molecule has 96 valence electrons. The largest absolute Gasteiger partial charge is 0.329 e. The van der Waals surface area contributed by atoms with E-state index >= 15 is 0 Å². The molecule has 0 bridgehead atoms. The molecular formula is C13H12N4OS. The molecule has 0 saturated heterocycles. The van der Waals surface area contributed by atoms with Crippen molar-refractivity contribution in [2.75, 3.05) is 0 Å². The highest BCUT2D eigenvalue weighted by molar-refractivity contribution is 7.00. The van der Waals surface area contributed by atoms with Crippen molar-refractivity contribution in [1.29, 1.82) is 0 Å². The molecule has 3 rings (SSSR count). The zero-order valence-corrected chi connectivity index (χ0v) is 11.1. The molecule has 0 atom stereocenters. The summed E-state index contributed by atoms with van der Waals surface area (Å²) in [5, 5.41) is 0. The predicted octanol–water partition coefficient (Wildman–Crippen LogP) is 2.18. The van der Waals surface area contributed by atoms with Gasteiger partial charge in [0.25, 0.3) is 0 Å². The summed E-state index contributed by atoms with van der Waals surface area (Å²) in [4.78, 5) is 12.4. The van der Waals surface area contributed by atoms with Gasteiger partial charge in [-0.15, -0.1) is 13.2 Å². The monoisotopic (exact) mass is 272 g/mol. The van der Waals surface area contributed by atoms with E-state index in [4.69, 9.17) is 0 Å². The summed E-state index contributed by atoms with van der Waals surface area (Å²) < 4.78 is 11.9. The maximum absolute atomic E-state index is 12.4. The topological polar surface area (TPSA) is 52.7 Å². The number of aromatic nitrogens is 4. The van der Waals surface area contributed by atoms with Gasteiger partial charge in [-0.3, -0.25) is 9.13 Å². The molecule has 5 nitrogen and oxygen atoms in total. The molecule has 0 unspecified atom stereocenters. The third-order valence-electron chi connectivity index (χ3n) is 3.03. The maximum Gasteiger partial charge on any atom is 0.329 e. The zero-order valence-electron chi connectivity index (χ0n) is 10.2. The maximum atomic E-state index is 12.4. The van der Waals surface area contributed by atoms with Crippen LogP contribution in [0.1, 0.15) is 0 Å². The first-order valence-electron chi connectivity index (χ1n) is 5.84. The van der Waals surface area contributed by atoms with Crippen LogP contribution in [0.5, 0.6) is 0 Å². The van der Waals surface area contributed by atoms with Gasteiger partial charge in [-0.1, -0.05) is 12.2 Å². The van der Waals surface area contributed by atoms with E-state index in [1.165, 1.54) is 0 Å². The molecule has 3 aromatic rings. The van der Waals surface area contributed by atoms with E-state index in [0.29, 0.717) is 13.1 Å². The molecule has 0 N–H and O–H groups in total. The van der Waals surface area contributed by atoms with Crippen molar-refractivity contribution >= 4 is 33.8 Å². The van der Waals surface area contributed by atoms with Gasteiger partial charge in [0.15, 0.2) is 0 Å². The van der Waals surface area contributed by atoms with E-state index < -0.39 is 0 Å². The molecule has 0 saturated carbocycles. The summed E-state index contributed by atoms with van der Waals surface area (Å²) in [5.41, 5.74) is 3.18. The molecule has 2 heterocycles. The lowest BCUT2D eigenvalue weighted by atomic mass is 10.2. The standard InChI is InChI=1S/C13H12N4OS/c1-3-7-16-10-6-5-9-11(15-19-14-9)12(10)17(8-4-2)13(16)18/h3-6H,1-2,7-8H2. The molecule has 0 fully saturated rings. The molecule has 0 amide bonds. The Morgan fingerprint density at radius 3 is 2.63 bits per heavy atom. The third kappa shape index (κ3) is 1.64. The average molecular weight is 272 g/mol. The van der Waals surface area contributed by atoms with Crippen LogP contribution in [0.25, 0.3) is 22.1 Å². The lowest BCUT2D eigenvalue weighted by Gasteiger charge is -1.98. The van der Waals surface area contributed by atoms with Crippen LogP contribution in [0.2, 0.25) is 0 Å². The van der Waals surface area contributed by atoms with E-state index in [1.807, 2.05) is 12.1 Å². The minimum absolute atomic E-state index is 0.0738. The highest BCUT2D eigenvalue weighted by Crippen LogP contribution is 2.23. The van der Waals surface area contributed by atoms with Crippen molar-refractivity contribution in [3.8, 4) is 0 Å². The van der Waals surface area contributed by atoms with Gasteiger partial charge in [-0.05, 0) is 12.1 Å². The number of imidazole rings is 1. The fourth-order valence-electron chi connectivity index (χ4n) is 2.26. The minimum atomic E-state index is -0.0738. The number of allylic oxidation sites excluding steroid dienone is 2. The van der Waals surface area contributed by atoms with Gasteiger partial charge in [0.05, 0.1) is 22.8 Å². The van der Waals surface area contributed by atoms with Crippen molar-refractivity contribution in [3.63, 3.8) is 0 Å². The van der Waals surface area contributed by atoms with Crippen LogP contribution in [-0.4, -0.2) is 17.9 Å². The predicted molar refractivity (Wildman–Crippen MR) is 77.6 cm³/mol. The summed E-state index contributed by atoms with van der Waals surface area (Å²) >= 11 is 1.15. The molecule has 0 aliphatic rings. The van der Waals surface area contributed by atoms with Crippen LogP contribution in [0.3, 0.4) is 0 Å². The van der Waals surface area contributed by atoms with Crippen molar-refractivity contribution in [2.24, 2.45) is 0 Å². The van der Waals surface area contributed by atoms with Crippen LogP contribution >= 0.6 is 11.7 Å². The molecule has 0 radical (unpaired) electrons. The quantitative estimate of drug-likeness (QED) is 0.684. The SMILES string of the molecule is C=CCn1c(=O)n(CC=C)c2c3nsnc3ccc21. The van der Waals surface area contributed by atoms with Crippen LogP contribution in [-0.2, 0) is 13.1 Å². The number of benzene rings is 1. The second kappa shape index (κ2) is 4.47. The number of nitrogens with zero attached hydrogens (tertiary/aromatic N) is 4. The molecule has 1 aromatic carbocycles. The molecular weight excluding hydrogens is 260 g/mol. The first kappa shape index (κ1) is 11.9. The summed E-state index contributed by atoms with van der Waals surface area (Å²) in [7, 11) is 0. The molecule has 2 aromatic heterocycles. The second-order valence-electron chi connectivity index (χ2n) is 4.15. The van der Waals surface area contributed by atoms with Crippen LogP contribution in [0.15, 0.2) is 42.2 Å². The normalized spacial score (nSPS) is 11.2. The van der Waals surface area contributed by atoms with Gasteiger partial charge in [0.2, 0.25) is 0 Å². The number of hydrogen-bond acceptors (Lipinski definition) is 4. The number of fused-ring (bicyclic) bond motifs is 3. The highest BCUT2D eigenvalue weighted by Gasteiger charge is 2.16. The van der Waals surface area contributed by atoms with Crippen LogP contribution in [0.4, 0.5) is 0 Å². The van der Waals surface area contributed by atoms with Gasteiger partial charge in [-0.2, -0.15) is 8.75 Å². The van der Waals surface area contributed by atoms with Crippen molar-refractivity contribution in [2.45, 2.75) is 13.1 Å². The first-order chi connectivity index (χ1) is 9.27. The van der Waals surface area contributed by atoms with Crippen LogP contribution in [0, 0.1) is 0 Å². The number of hydrogen-bond donors (Lipinski definition) is 0. The molecule has 0 spiro atoms. The average Bonchev–Trinajstić information content (AvgIpc) is 2.97. The Labute approximate surface area is 113 Å². The Balaban J connectivity index is 2.51. The molecule has 19 heavy (non-hydrogen) atoms. The summed E-state index contributed by atoms with van der Waals surface area (Å²) in [6.07, 6.45) is 3.42. The highest BCUT2D eigenvalue weighted by atomic mass is 32.1. The molecule has 0 aliphatic heterocycles. The van der Waals surface area contributed by atoms with E-state index in [9.17, 15) is 4.79 Å². The van der Waals surface area contributed by atoms with E-state index in [-0.39, 0.29) is 5.69 Å². The Morgan fingerprint density at radius 2 is 1.89 bits per heavy atom. The Morgan fingerprint density at radius 1 is 1.16 bits per heavy atom. The molecule has 0 aliphatic carbocycles.